The molecule has 1 atom stereocenters. The van der Waals surface area contributed by atoms with E-state index in [2.05, 4.69) is 21.6 Å². The van der Waals surface area contributed by atoms with Gasteiger partial charge in [-0.3, -0.25) is 19.4 Å². The Labute approximate surface area is 154 Å². The number of carbonyl (C=O) groups is 1. The lowest BCUT2D eigenvalue weighted by Gasteiger charge is -2.38. The lowest BCUT2D eigenvalue weighted by molar-refractivity contribution is -0.136. The molecule has 0 spiro atoms. The Hall–Kier alpha value is -1.18. The zero-order valence-corrected chi connectivity index (χ0v) is 16.3. The van der Waals surface area contributed by atoms with E-state index in [1.54, 1.807) is 0 Å². The number of amides is 1. The van der Waals surface area contributed by atoms with E-state index in [0.29, 0.717) is 18.5 Å². The summed E-state index contributed by atoms with van der Waals surface area (Å²) in [5.74, 6) is 0.293. The third kappa shape index (κ3) is 4.71. The fourth-order valence-corrected chi connectivity index (χ4v) is 4.60. The van der Waals surface area contributed by atoms with Gasteiger partial charge in [-0.1, -0.05) is 11.3 Å². The van der Waals surface area contributed by atoms with Crippen LogP contribution in [-0.4, -0.2) is 77.0 Å². The average Bonchev–Trinajstić information content (AvgIpc) is 2.93. The summed E-state index contributed by atoms with van der Waals surface area (Å²) in [6, 6.07) is 0.398. The number of piperidine rings is 1. The summed E-state index contributed by atoms with van der Waals surface area (Å²) in [5.41, 5.74) is 1.05. The molecule has 1 unspecified atom stereocenters. The molecule has 3 heterocycles. The van der Waals surface area contributed by atoms with Gasteiger partial charge in [0.05, 0.1) is 6.54 Å². The summed E-state index contributed by atoms with van der Waals surface area (Å²) >= 11 is 1.28. The highest BCUT2D eigenvalue weighted by atomic mass is 32.1. The molecule has 2 saturated heterocycles. The monoisotopic (exact) mass is 366 g/mol. The Balaban J connectivity index is 1.41. The Morgan fingerprint density at radius 2 is 1.84 bits per heavy atom. The van der Waals surface area contributed by atoms with E-state index in [-0.39, 0.29) is 4.87 Å². The molecule has 0 aromatic carbocycles. The Bertz CT molecular complexity index is 633. The smallest absolute Gasteiger partial charge is 0.307 e. The van der Waals surface area contributed by atoms with Crippen LogP contribution in [0.5, 0.6) is 0 Å². The average molecular weight is 367 g/mol. The number of rotatable bonds is 5. The topological polar surface area (TPSA) is 48.8 Å². The van der Waals surface area contributed by atoms with Gasteiger partial charge in [0.1, 0.15) is 0 Å². The second kappa shape index (κ2) is 8.47. The number of thiazole rings is 1. The third-order valence-corrected chi connectivity index (χ3v) is 6.44. The van der Waals surface area contributed by atoms with Crippen molar-refractivity contribution in [2.75, 3.05) is 45.8 Å². The quantitative estimate of drug-likeness (QED) is 0.787. The van der Waals surface area contributed by atoms with Crippen molar-refractivity contribution in [3.63, 3.8) is 0 Å². The minimum absolute atomic E-state index is 0.136. The number of piperazine rings is 1. The molecule has 0 radical (unpaired) electrons. The molecule has 1 aromatic heterocycles. The molecule has 2 aliphatic heterocycles. The molecule has 1 aromatic rings. The van der Waals surface area contributed by atoms with E-state index in [4.69, 9.17) is 0 Å². The predicted octanol–water partition coefficient (Wildman–Crippen LogP) is 1.24. The van der Waals surface area contributed by atoms with Gasteiger partial charge in [-0.05, 0) is 33.1 Å². The van der Waals surface area contributed by atoms with Gasteiger partial charge < -0.3 is 9.47 Å². The maximum atomic E-state index is 12.5. The Morgan fingerprint density at radius 1 is 1.12 bits per heavy atom. The fraction of sp³-hybridized carbons (Fsp3) is 0.778. The highest BCUT2D eigenvalue weighted by Gasteiger charge is 2.26. The van der Waals surface area contributed by atoms with Crippen molar-refractivity contribution in [2.24, 2.45) is 0 Å². The minimum atomic E-state index is 0.136. The number of aryl methyl sites for hydroxylation is 1. The molecular weight excluding hydrogens is 336 g/mol. The van der Waals surface area contributed by atoms with E-state index in [9.17, 15) is 9.59 Å². The number of nitrogens with zero attached hydrogens (tertiary/aromatic N) is 4. The van der Waals surface area contributed by atoms with E-state index >= 15 is 0 Å². The first-order valence-electron chi connectivity index (χ1n) is 9.43. The van der Waals surface area contributed by atoms with Crippen molar-refractivity contribution < 1.29 is 4.79 Å². The lowest BCUT2D eigenvalue weighted by atomic mass is 10.0. The van der Waals surface area contributed by atoms with Crippen LogP contribution in [0.25, 0.3) is 0 Å². The van der Waals surface area contributed by atoms with E-state index in [1.807, 2.05) is 16.9 Å². The van der Waals surface area contributed by atoms with Crippen LogP contribution < -0.4 is 4.87 Å². The first-order valence-corrected chi connectivity index (χ1v) is 10.3. The van der Waals surface area contributed by atoms with Gasteiger partial charge in [0.2, 0.25) is 5.91 Å². The molecule has 0 saturated carbocycles. The SMILES string of the molecule is Cc1csc(=O)n1CCN1CCN(CC(=O)N2CCCCC2C)CC1. The molecule has 0 aliphatic carbocycles. The van der Waals surface area contributed by atoms with Gasteiger partial charge in [-0.25, -0.2) is 0 Å². The van der Waals surface area contributed by atoms with Gasteiger partial charge in [-0.2, -0.15) is 0 Å². The summed E-state index contributed by atoms with van der Waals surface area (Å²) in [6.07, 6.45) is 3.53. The molecule has 6 nitrogen and oxygen atoms in total. The van der Waals surface area contributed by atoms with Crippen LogP contribution in [0.3, 0.4) is 0 Å². The maximum Gasteiger partial charge on any atom is 0.307 e. The van der Waals surface area contributed by atoms with Crippen LogP contribution in [0.1, 0.15) is 31.9 Å². The van der Waals surface area contributed by atoms with Crippen molar-refractivity contribution in [3.05, 3.63) is 20.7 Å². The zero-order valence-electron chi connectivity index (χ0n) is 15.4. The highest BCUT2D eigenvalue weighted by Crippen LogP contribution is 2.17. The Morgan fingerprint density at radius 3 is 2.48 bits per heavy atom. The molecule has 2 aliphatic rings. The van der Waals surface area contributed by atoms with Gasteiger partial charge in [0.25, 0.3) is 0 Å². The normalized spacial score (nSPS) is 23.1. The summed E-state index contributed by atoms with van der Waals surface area (Å²) < 4.78 is 1.86. The van der Waals surface area contributed by atoms with Crippen molar-refractivity contribution in [2.45, 2.75) is 45.7 Å². The van der Waals surface area contributed by atoms with Crippen LogP contribution in [0, 0.1) is 6.92 Å². The Kier molecular flexibility index (Phi) is 6.30. The number of carbonyl (C=O) groups excluding carboxylic acids is 1. The van der Waals surface area contributed by atoms with Crippen LogP contribution in [0.2, 0.25) is 0 Å². The highest BCUT2D eigenvalue weighted by molar-refractivity contribution is 7.07. The van der Waals surface area contributed by atoms with Crippen LogP contribution in [-0.2, 0) is 11.3 Å². The molecule has 1 amide bonds. The molecule has 25 heavy (non-hydrogen) atoms. The fourth-order valence-electron chi connectivity index (χ4n) is 3.84. The number of hydrogen-bond donors (Lipinski definition) is 0. The molecule has 7 heteroatoms. The number of hydrogen-bond acceptors (Lipinski definition) is 5. The minimum Gasteiger partial charge on any atom is -0.339 e. The first kappa shape index (κ1) is 18.6. The largest absolute Gasteiger partial charge is 0.339 e. The molecule has 3 rings (SSSR count). The summed E-state index contributed by atoms with van der Waals surface area (Å²) in [7, 11) is 0. The first-order chi connectivity index (χ1) is 12.0. The maximum absolute atomic E-state index is 12.5. The second-order valence-corrected chi connectivity index (χ2v) is 8.16. The molecule has 0 bridgehead atoms. The zero-order chi connectivity index (χ0) is 17.8. The van der Waals surface area contributed by atoms with Crippen molar-refractivity contribution >= 4 is 17.2 Å². The second-order valence-electron chi connectivity index (χ2n) is 7.34. The van der Waals surface area contributed by atoms with Crippen molar-refractivity contribution in [3.8, 4) is 0 Å². The van der Waals surface area contributed by atoms with Crippen LogP contribution in [0.15, 0.2) is 10.2 Å². The van der Waals surface area contributed by atoms with Gasteiger partial charge in [-0.15, -0.1) is 0 Å². The third-order valence-electron chi connectivity index (χ3n) is 5.56. The van der Waals surface area contributed by atoms with Crippen molar-refractivity contribution in [1.82, 2.24) is 19.3 Å². The van der Waals surface area contributed by atoms with Crippen LogP contribution >= 0.6 is 11.3 Å². The molecule has 140 valence electrons. The summed E-state index contributed by atoms with van der Waals surface area (Å²) in [6.45, 7) is 11.1. The standard InChI is InChI=1S/C18H30N4O2S/c1-15-5-3-4-6-21(15)17(23)13-20-9-7-19(8-10-20)11-12-22-16(2)14-25-18(22)24/h14-15H,3-13H2,1-2H3. The summed E-state index contributed by atoms with van der Waals surface area (Å²) in [5, 5.41) is 1.92. The molecular formula is C18H30N4O2S. The van der Waals surface area contributed by atoms with E-state index < -0.39 is 0 Å². The van der Waals surface area contributed by atoms with Crippen LogP contribution in [0.4, 0.5) is 0 Å². The summed E-state index contributed by atoms with van der Waals surface area (Å²) in [4.78, 5) is 31.2. The lowest BCUT2D eigenvalue weighted by Crippen LogP contribution is -2.52. The number of likely N-dealkylation sites (tertiary alicyclic amines) is 1. The van der Waals surface area contributed by atoms with Gasteiger partial charge in [0, 0.05) is 62.9 Å². The number of aromatic nitrogens is 1. The predicted molar refractivity (Wildman–Crippen MR) is 101 cm³/mol. The van der Waals surface area contributed by atoms with E-state index in [1.165, 1.54) is 17.8 Å². The van der Waals surface area contributed by atoms with Gasteiger partial charge >= 0.3 is 4.87 Å². The molecule has 0 N–H and O–H groups in total. The molecule has 2 fully saturated rings. The van der Waals surface area contributed by atoms with E-state index in [0.717, 1.165) is 64.3 Å². The van der Waals surface area contributed by atoms with Gasteiger partial charge in [0.15, 0.2) is 0 Å². The van der Waals surface area contributed by atoms with Crippen molar-refractivity contribution in [1.29, 1.82) is 0 Å².